The molecule has 0 fully saturated rings. The van der Waals surface area contributed by atoms with Crippen molar-refractivity contribution in [1.29, 1.82) is 0 Å². The second-order valence-electron chi connectivity index (χ2n) is 4.37. The lowest BCUT2D eigenvalue weighted by Gasteiger charge is -2.19. The van der Waals surface area contributed by atoms with Crippen LogP contribution in [0.1, 0.15) is 18.1 Å². The van der Waals surface area contributed by atoms with E-state index in [4.69, 9.17) is 4.74 Å². The first-order valence-corrected chi connectivity index (χ1v) is 7.49. The zero-order chi connectivity index (χ0) is 13.5. The van der Waals surface area contributed by atoms with Gasteiger partial charge in [-0.1, -0.05) is 36.4 Å². The maximum atomic E-state index is 6.14. The highest BCUT2D eigenvalue weighted by atomic mass is 127. The van der Waals surface area contributed by atoms with Crippen molar-refractivity contribution in [2.45, 2.75) is 12.5 Å². The fourth-order valence-corrected chi connectivity index (χ4v) is 2.46. The highest BCUT2D eigenvalue weighted by molar-refractivity contribution is 14.1. The van der Waals surface area contributed by atoms with E-state index < -0.39 is 0 Å². The molecule has 0 amide bonds. The Kier molecular flexibility index (Phi) is 5.66. The monoisotopic (exact) mass is 367 g/mol. The van der Waals surface area contributed by atoms with E-state index in [9.17, 15) is 0 Å². The molecule has 0 bridgehead atoms. The Labute approximate surface area is 128 Å². The summed E-state index contributed by atoms with van der Waals surface area (Å²) < 4.78 is 7.33. The van der Waals surface area contributed by atoms with E-state index in [0.717, 1.165) is 18.7 Å². The summed E-state index contributed by atoms with van der Waals surface area (Å²) >= 11 is 2.30. The van der Waals surface area contributed by atoms with Gasteiger partial charge in [-0.3, -0.25) is 0 Å². The topological polar surface area (TPSA) is 21.3 Å². The Balaban J connectivity index is 2.14. The molecule has 0 unspecified atom stereocenters. The van der Waals surface area contributed by atoms with Crippen LogP contribution in [-0.2, 0) is 0 Å². The lowest BCUT2D eigenvalue weighted by molar-refractivity contribution is 0.195. The van der Waals surface area contributed by atoms with Gasteiger partial charge in [0.15, 0.2) is 0 Å². The van der Waals surface area contributed by atoms with Crippen LogP contribution in [0.15, 0.2) is 54.6 Å². The number of hydrogen-bond donors (Lipinski definition) is 1. The number of hydrogen-bond acceptors (Lipinski definition) is 2. The summed E-state index contributed by atoms with van der Waals surface area (Å²) in [5.74, 6) is 0.928. The predicted molar refractivity (Wildman–Crippen MR) is 87.5 cm³/mol. The van der Waals surface area contributed by atoms with Gasteiger partial charge in [0.25, 0.3) is 0 Å². The molecule has 0 aromatic heterocycles. The Bertz CT molecular complexity index is 501. The van der Waals surface area contributed by atoms with Crippen molar-refractivity contribution in [3.63, 3.8) is 0 Å². The third-order valence-electron chi connectivity index (χ3n) is 2.90. The van der Waals surface area contributed by atoms with E-state index in [1.54, 1.807) is 0 Å². The molecule has 0 saturated carbocycles. The van der Waals surface area contributed by atoms with Gasteiger partial charge in [0.05, 0.1) is 0 Å². The lowest BCUT2D eigenvalue weighted by atomic mass is 10.1. The fraction of sp³-hybridized carbons (Fsp3) is 0.250. The molecule has 2 nitrogen and oxygen atoms in total. The molecule has 0 aliphatic carbocycles. The molecule has 2 aromatic carbocycles. The van der Waals surface area contributed by atoms with E-state index in [1.165, 1.54) is 9.13 Å². The van der Waals surface area contributed by atoms with Crippen LogP contribution in [0, 0.1) is 3.57 Å². The summed E-state index contributed by atoms with van der Waals surface area (Å²) in [6.45, 7) is 0.934. The van der Waals surface area contributed by atoms with Crippen molar-refractivity contribution < 1.29 is 4.74 Å². The predicted octanol–water partition coefficient (Wildman–Crippen LogP) is 4.02. The Morgan fingerprint density at radius 2 is 1.89 bits per heavy atom. The molecule has 3 heteroatoms. The van der Waals surface area contributed by atoms with Crippen LogP contribution < -0.4 is 10.1 Å². The third kappa shape index (κ3) is 4.51. The van der Waals surface area contributed by atoms with Crippen molar-refractivity contribution in [3.8, 4) is 5.75 Å². The van der Waals surface area contributed by atoms with Crippen molar-refractivity contribution in [2.75, 3.05) is 13.6 Å². The average molecular weight is 367 g/mol. The highest BCUT2D eigenvalue weighted by Crippen LogP contribution is 2.25. The summed E-state index contributed by atoms with van der Waals surface area (Å²) in [4.78, 5) is 0. The molecule has 19 heavy (non-hydrogen) atoms. The Hall–Kier alpha value is -1.07. The number of rotatable bonds is 6. The summed E-state index contributed by atoms with van der Waals surface area (Å²) in [5.41, 5.74) is 1.22. The van der Waals surface area contributed by atoms with Gasteiger partial charge in [0, 0.05) is 9.99 Å². The molecule has 1 N–H and O–H groups in total. The summed E-state index contributed by atoms with van der Waals surface area (Å²) in [6, 6.07) is 18.6. The zero-order valence-corrected chi connectivity index (χ0v) is 13.1. The second kappa shape index (κ2) is 7.50. The van der Waals surface area contributed by atoms with Gasteiger partial charge in [-0.05, 0) is 59.9 Å². The Morgan fingerprint density at radius 1 is 1.11 bits per heavy atom. The molecule has 0 aliphatic rings. The first-order chi connectivity index (χ1) is 9.29. The first-order valence-electron chi connectivity index (χ1n) is 6.41. The van der Waals surface area contributed by atoms with Gasteiger partial charge in [-0.25, -0.2) is 0 Å². The van der Waals surface area contributed by atoms with Crippen LogP contribution in [0.5, 0.6) is 5.75 Å². The second-order valence-corrected chi connectivity index (χ2v) is 5.61. The van der Waals surface area contributed by atoms with Crippen LogP contribution in [0.3, 0.4) is 0 Å². The zero-order valence-electron chi connectivity index (χ0n) is 11.0. The van der Waals surface area contributed by atoms with Crippen LogP contribution >= 0.6 is 22.6 Å². The van der Waals surface area contributed by atoms with Crippen molar-refractivity contribution in [3.05, 3.63) is 63.7 Å². The standard InChI is InChI=1S/C16H18INO/c1-18-11-10-16(13-6-3-2-4-7-13)19-15-9-5-8-14(17)12-15/h2-9,12,16,18H,10-11H2,1H3/t16-/m1/s1. The van der Waals surface area contributed by atoms with Gasteiger partial charge in [-0.15, -0.1) is 0 Å². The smallest absolute Gasteiger partial charge is 0.125 e. The molecular formula is C16H18INO. The minimum atomic E-state index is 0.0897. The van der Waals surface area contributed by atoms with E-state index in [-0.39, 0.29) is 6.10 Å². The number of benzene rings is 2. The number of halogens is 1. The number of ether oxygens (including phenoxy) is 1. The largest absolute Gasteiger partial charge is 0.486 e. The van der Waals surface area contributed by atoms with Gasteiger partial charge in [0.2, 0.25) is 0 Å². The maximum absolute atomic E-state index is 6.14. The molecule has 100 valence electrons. The highest BCUT2D eigenvalue weighted by Gasteiger charge is 2.12. The maximum Gasteiger partial charge on any atom is 0.125 e. The van der Waals surface area contributed by atoms with E-state index >= 15 is 0 Å². The molecule has 0 saturated heterocycles. The molecule has 2 rings (SSSR count). The fourth-order valence-electron chi connectivity index (χ4n) is 1.94. The quantitative estimate of drug-likeness (QED) is 0.779. The third-order valence-corrected chi connectivity index (χ3v) is 3.57. The van der Waals surface area contributed by atoms with Crippen LogP contribution in [0.4, 0.5) is 0 Å². The van der Waals surface area contributed by atoms with Crippen molar-refractivity contribution >= 4 is 22.6 Å². The first kappa shape index (κ1) is 14.3. The number of nitrogens with one attached hydrogen (secondary N) is 1. The minimum Gasteiger partial charge on any atom is -0.486 e. The van der Waals surface area contributed by atoms with E-state index in [0.29, 0.717) is 0 Å². The molecule has 0 spiro atoms. The van der Waals surface area contributed by atoms with Crippen LogP contribution in [0.2, 0.25) is 0 Å². The molecule has 2 aromatic rings. The SMILES string of the molecule is CNCC[C@@H](Oc1cccc(I)c1)c1ccccc1. The summed E-state index contributed by atoms with van der Waals surface area (Å²) in [5, 5.41) is 3.18. The minimum absolute atomic E-state index is 0.0897. The van der Waals surface area contributed by atoms with Crippen LogP contribution in [0.25, 0.3) is 0 Å². The average Bonchev–Trinajstić information content (AvgIpc) is 2.44. The summed E-state index contributed by atoms with van der Waals surface area (Å²) in [6.07, 6.45) is 1.04. The molecule has 0 aliphatic heterocycles. The van der Waals surface area contributed by atoms with Gasteiger partial charge in [0.1, 0.15) is 11.9 Å². The van der Waals surface area contributed by atoms with Gasteiger partial charge < -0.3 is 10.1 Å². The molecule has 0 radical (unpaired) electrons. The molecular weight excluding hydrogens is 349 g/mol. The van der Waals surface area contributed by atoms with Gasteiger partial charge >= 0.3 is 0 Å². The van der Waals surface area contributed by atoms with Gasteiger partial charge in [-0.2, -0.15) is 0 Å². The van der Waals surface area contributed by atoms with Crippen LogP contribution in [-0.4, -0.2) is 13.6 Å². The lowest BCUT2D eigenvalue weighted by Crippen LogP contribution is -2.16. The summed E-state index contributed by atoms with van der Waals surface area (Å²) in [7, 11) is 1.97. The van der Waals surface area contributed by atoms with E-state index in [2.05, 4.69) is 64.3 Å². The Morgan fingerprint density at radius 3 is 2.58 bits per heavy atom. The van der Waals surface area contributed by atoms with Crippen molar-refractivity contribution in [1.82, 2.24) is 5.32 Å². The molecule has 1 atom stereocenters. The van der Waals surface area contributed by atoms with Crippen molar-refractivity contribution in [2.24, 2.45) is 0 Å². The van der Waals surface area contributed by atoms with E-state index in [1.807, 2.05) is 25.2 Å². The molecule has 0 heterocycles. The normalized spacial score (nSPS) is 12.1.